The quantitative estimate of drug-likeness (QED) is 0.595. The van der Waals surface area contributed by atoms with Crippen LogP contribution in [-0.4, -0.2) is 37.1 Å². The van der Waals surface area contributed by atoms with Crippen LogP contribution in [0.3, 0.4) is 0 Å². The second-order valence-corrected chi connectivity index (χ2v) is 3.02. The van der Waals surface area contributed by atoms with E-state index in [0.29, 0.717) is 0 Å². The summed E-state index contributed by atoms with van der Waals surface area (Å²) in [6, 6.07) is 0. The van der Waals surface area contributed by atoms with Crippen LogP contribution in [0, 0.1) is 0 Å². The zero-order valence-electron chi connectivity index (χ0n) is 6.88. The molecule has 1 aliphatic rings. The summed E-state index contributed by atoms with van der Waals surface area (Å²) in [5.74, 6) is 0. The first-order chi connectivity index (χ1) is 5.33. The van der Waals surface area contributed by atoms with E-state index in [-0.39, 0.29) is 6.10 Å². The SMILES string of the molecule is CC(CN1CCCC1)O[C]=O. The molecule has 1 unspecified atom stereocenters. The summed E-state index contributed by atoms with van der Waals surface area (Å²) in [4.78, 5) is 12.1. The Hall–Kier alpha value is -0.570. The molecule has 1 aliphatic heterocycles. The van der Waals surface area contributed by atoms with E-state index in [1.54, 1.807) is 0 Å². The summed E-state index contributed by atoms with van der Waals surface area (Å²) in [7, 11) is 0. The van der Waals surface area contributed by atoms with Gasteiger partial charge < -0.3 is 4.74 Å². The van der Waals surface area contributed by atoms with Crippen molar-refractivity contribution >= 4 is 6.47 Å². The summed E-state index contributed by atoms with van der Waals surface area (Å²) in [6.07, 6.45) is 2.54. The lowest BCUT2D eigenvalue weighted by Gasteiger charge is -2.17. The lowest BCUT2D eigenvalue weighted by atomic mass is 10.4. The Bertz CT molecular complexity index is 121. The minimum atomic E-state index is -0.00870. The molecule has 0 aromatic heterocycles. The van der Waals surface area contributed by atoms with Crippen LogP contribution < -0.4 is 0 Å². The maximum absolute atomic E-state index is 9.82. The van der Waals surface area contributed by atoms with Crippen molar-refractivity contribution in [1.82, 2.24) is 4.90 Å². The molecule has 1 saturated heterocycles. The molecule has 3 nitrogen and oxygen atoms in total. The average Bonchev–Trinajstić information content (AvgIpc) is 2.40. The molecule has 0 aromatic carbocycles. The second kappa shape index (κ2) is 4.34. The Morgan fingerprint density at radius 2 is 2.18 bits per heavy atom. The van der Waals surface area contributed by atoms with Gasteiger partial charge in [0.2, 0.25) is 0 Å². The summed E-state index contributed by atoms with van der Waals surface area (Å²) in [5, 5.41) is 0. The number of hydrogen-bond acceptors (Lipinski definition) is 3. The lowest BCUT2D eigenvalue weighted by Crippen LogP contribution is -2.29. The van der Waals surface area contributed by atoms with Crippen LogP contribution in [0.15, 0.2) is 0 Å². The van der Waals surface area contributed by atoms with Gasteiger partial charge in [0.25, 0.3) is 0 Å². The van der Waals surface area contributed by atoms with Gasteiger partial charge in [0.1, 0.15) is 6.10 Å². The van der Waals surface area contributed by atoms with Gasteiger partial charge in [-0.15, -0.1) is 0 Å². The highest BCUT2D eigenvalue weighted by atomic mass is 16.5. The number of carbonyl (C=O) groups excluding carboxylic acids is 1. The van der Waals surface area contributed by atoms with Crippen LogP contribution in [0.5, 0.6) is 0 Å². The molecule has 63 valence electrons. The monoisotopic (exact) mass is 156 g/mol. The highest BCUT2D eigenvalue weighted by molar-refractivity contribution is 5.38. The predicted octanol–water partition coefficient (Wildman–Crippen LogP) is 0.554. The van der Waals surface area contributed by atoms with Crippen LogP contribution in [0.25, 0.3) is 0 Å². The highest BCUT2D eigenvalue weighted by Gasteiger charge is 2.14. The normalized spacial score (nSPS) is 21.5. The first-order valence-electron chi connectivity index (χ1n) is 4.08. The molecule has 0 aliphatic carbocycles. The molecule has 0 bridgehead atoms. The van der Waals surface area contributed by atoms with Crippen molar-refractivity contribution in [2.24, 2.45) is 0 Å². The van der Waals surface area contributed by atoms with E-state index in [1.807, 2.05) is 6.92 Å². The van der Waals surface area contributed by atoms with E-state index in [9.17, 15) is 4.79 Å². The molecule has 11 heavy (non-hydrogen) atoms. The first-order valence-corrected chi connectivity index (χ1v) is 4.08. The topological polar surface area (TPSA) is 29.5 Å². The minimum absolute atomic E-state index is 0.00870. The van der Waals surface area contributed by atoms with Crippen molar-refractivity contribution in [3.63, 3.8) is 0 Å². The van der Waals surface area contributed by atoms with Crippen molar-refractivity contribution in [1.29, 1.82) is 0 Å². The van der Waals surface area contributed by atoms with E-state index in [2.05, 4.69) is 9.64 Å². The van der Waals surface area contributed by atoms with Crippen molar-refractivity contribution in [2.75, 3.05) is 19.6 Å². The third-order valence-corrected chi connectivity index (χ3v) is 1.96. The zero-order chi connectivity index (χ0) is 8.10. The van der Waals surface area contributed by atoms with Crippen LogP contribution in [0.1, 0.15) is 19.8 Å². The summed E-state index contributed by atoms with van der Waals surface area (Å²) in [5.41, 5.74) is 0. The largest absolute Gasteiger partial charge is 0.453 e. The van der Waals surface area contributed by atoms with Crippen LogP contribution in [-0.2, 0) is 9.53 Å². The third kappa shape index (κ3) is 2.89. The fraction of sp³-hybridized carbons (Fsp3) is 0.875. The van der Waals surface area contributed by atoms with Crippen molar-refractivity contribution in [3.05, 3.63) is 0 Å². The first kappa shape index (κ1) is 8.53. The predicted molar refractivity (Wildman–Crippen MR) is 41.9 cm³/mol. The molecule has 3 heteroatoms. The maximum Gasteiger partial charge on any atom is 0.417 e. The summed E-state index contributed by atoms with van der Waals surface area (Å²) < 4.78 is 4.66. The van der Waals surface area contributed by atoms with E-state index in [1.165, 1.54) is 19.3 Å². The third-order valence-electron chi connectivity index (χ3n) is 1.96. The van der Waals surface area contributed by atoms with Gasteiger partial charge in [-0.05, 0) is 32.9 Å². The van der Waals surface area contributed by atoms with E-state index in [0.717, 1.165) is 19.6 Å². The number of likely N-dealkylation sites (tertiary alicyclic amines) is 1. The Kier molecular flexibility index (Phi) is 3.36. The van der Waals surface area contributed by atoms with Crippen LogP contribution in [0.2, 0.25) is 0 Å². The van der Waals surface area contributed by atoms with Crippen molar-refractivity contribution in [2.45, 2.75) is 25.9 Å². The fourth-order valence-electron chi connectivity index (χ4n) is 1.45. The average molecular weight is 156 g/mol. The van der Waals surface area contributed by atoms with Crippen molar-refractivity contribution < 1.29 is 9.53 Å². The Morgan fingerprint density at radius 3 is 2.73 bits per heavy atom. The molecule has 1 atom stereocenters. The standard InChI is InChI=1S/C8H14NO2/c1-8(11-7-10)6-9-4-2-3-5-9/h8H,2-6H2,1H3. The molecule has 0 amide bonds. The number of ether oxygens (including phenoxy) is 1. The zero-order valence-corrected chi connectivity index (χ0v) is 6.88. The molecule has 0 saturated carbocycles. The molecule has 1 radical (unpaired) electrons. The Balaban J connectivity index is 2.12. The smallest absolute Gasteiger partial charge is 0.417 e. The molecule has 0 N–H and O–H groups in total. The van der Waals surface area contributed by atoms with Gasteiger partial charge >= 0.3 is 6.47 Å². The van der Waals surface area contributed by atoms with Gasteiger partial charge in [0.15, 0.2) is 0 Å². The molecular formula is C8H14NO2. The number of nitrogens with zero attached hydrogens (tertiary/aromatic N) is 1. The molecular weight excluding hydrogens is 142 g/mol. The van der Waals surface area contributed by atoms with E-state index < -0.39 is 0 Å². The molecule has 1 rings (SSSR count). The Labute approximate surface area is 67.3 Å². The van der Waals surface area contributed by atoms with E-state index in [4.69, 9.17) is 0 Å². The summed E-state index contributed by atoms with van der Waals surface area (Å²) >= 11 is 0. The lowest BCUT2D eigenvalue weighted by molar-refractivity contribution is 0.144. The maximum atomic E-state index is 9.82. The Morgan fingerprint density at radius 1 is 1.55 bits per heavy atom. The van der Waals surface area contributed by atoms with Gasteiger partial charge in [-0.25, -0.2) is 4.79 Å². The number of rotatable bonds is 4. The second-order valence-electron chi connectivity index (χ2n) is 3.02. The highest BCUT2D eigenvalue weighted by Crippen LogP contribution is 2.08. The van der Waals surface area contributed by atoms with E-state index >= 15 is 0 Å². The van der Waals surface area contributed by atoms with Crippen molar-refractivity contribution in [3.8, 4) is 0 Å². The number of hydrogen-bond donors (Lipinski definition) is 0. The summed E-state index contributed by atoms with van der Waals surface area (Å²) in [6.45, 7) is 6.50. The van der Waals surface area contributed by atoms with Gasteiger partial charge in [-0.3, -0.25) is 4.90 Å². The molecule has 1 fully saturated rings. The van der Waals surface area contributed by atoms with Crippen LogP contribution >= 0.6 is 0 Å². The van der Waals surface area contributed by atoms with Gasteiger partial charge in [-0.2, -0.15) is 0 Å². The van der Waals surface area contributed by atoms with Gasteiger partial charge in [0, 0.05) is 6.54 Å². The van der Waals surface area contributed by atoms with Crippen LogP contribution in [0.4, 0.5) is 0 Å². The molecule has 0 spiro atoms. The molecule has 1 heterocycles. The minimum Gasteiger partial charge on any atom is -0.453 e. The van der Waals surface area contributed by atoms with Gasteiger partial charge in [0.05, 0.1) is 0 Å². The van der Waals surface area contributed by atoms with Gasteiger partial charge in [-0.1, -0.05) is 0 Å². The fourth-order valence-corrected chi connectivity index (χ4v) is 1.45. The molecule has 0 aromatic rings.